The molecule has 0 radical (unpaired) electrons. The Morgan fingerprint density at radius 2 is 1.75 bits per heavy atom. The third-order valence-electron chi connectivity index (χ3n) is 3.66. The van der Waals surface area contributed by atoms with Gasteiger partial charge in [0, 0.05) is 22.7 Å². The molecule has 3 heteroatoms. The molecule has 0 amide bonds. The van der Waals surface area contributed by atoms with Crippen LogP contribution in [0.4, 0.5) is 0 Å². The van der Waals surface area contributed by atoms with E-state index in [0.717, 1.165) is 29.1 Å². The molecule has 0 saturated carbocycles. The van der Waals surface area contributed by atoms with Crippen molar-refractivity contribution in [3.05, 3.63) is 69.7 Å². The fraction of sp³-hybridized carbons (Fsp3) is 0.235. The first-order chi connectivity index (χ1) is 9.79. The van der Waals surface area contributed by atoms with Crippen molar-refractivity contribution in [2.45, 2.75) is 12.8 Å². The van der Waals surface area contributed by atoms with Crippen molar-refractivity contribution in [2.75, 3.05) is 13.1 Å². The largest absolute Gasteiger partial charge is 0.329 e. The molecule has 1 aliphatic rings. The van der Waals surface area contributed by atoms with Crippen molar-refractivity contribution in [1.82, 2.24) is 0 Å². The summed E-state index contributed by atoms with van der Waals surface area (Å²) in [6.07, 6.45) is 2.05. The van der Waals surface area contributed by atoms with Gasteiger partial charge < -0.3 is 5.73 Å². The first-order valence-electron chi connectivity index (χ1n) is 6.91. The Labute approximate surface area is 124 Å². The average Bonchev–Trinajstić information content (AvgIpc) is 2.62. The highest BCUT2D eigenvalue weighted by molar-refractivity contribution is 6.31. The predicted octanol–water partition coefficient (Wildman–Crippen LogP) is 3.23. The zero-order valence-electron chi connectivity index (χ0n) is 11.3. The van der Waals surface area contributed by atoms with Crippen LogP contribution < -0.4 is 5.73 Å². The number of rotatable bonds is 2. The normalized spacial score (nSPS) is 15.6. The van der Waals surface area contributed by atoms with Gasteiger partial charge in [-0.1, -0.05) is 41.9 Å². The molecule has 2 aromatic carbocycles. The van der Waals surface area contributed by atoms with Crippen LogP contribution in [0.25, 0.3) is 0 Å². The minimum atomic E-state index is 0.557. The van der Waals surface area contributed by atoms with Gasteiger partial charge in [-0.3, -0.25) is 4.99 Å². The van der Waals surface area contributed by atoms with Crippen molar-refractivity contribution in [1.29, 1.82) is 0 Å². The van der Waals surface area contributed by atoms with Gasteiger partial charge >= 0.3 is 0 Å². The molecule has 0 spiro atoms. The number of hydrogen-bond acceptors (Lipinski definition) is 2. The summed E-state index contributed by atoms with van der Waals surface area (Å²) in [4.78, 5) is 4.72. The highest BCUT2D eigenvalue weighted by Crippen LogP contribution is 2.27. The van der Waals surface area contributed by atoms with Crippen LogP contribution in [0, 0.1) is 0 Å². The van der Waals surface area contributed by atoms with Crippen LogP contribution in [0.5, 0.6) is 0 Å². The molecule has 3 rings (SSSR count). The zero-order chi connectivity index (χ0) is 13.9. The molecule has 0 aliphatic heterocycles. The summed E-state index contributed by atoms with van der Waals surface area (Å²) in [7, 11) is 0. The zero-order valence-corrected chi connectivity index (χ0v) is 12.0. The summed E-state index contributed by atoms with van der Waals surface area (Å²) < 4.78 is 0. The number of hydrogen-bond donors (Lipinski definition) is 1. The maximum atomic E-state index is 6.18. The fourth-order valence-electron chi connectivity index (χ4n) is 2.72. The van der Waals surface area contributed by atoms with Crippen LogP contribution in [0.2, 0.25) is 5.02 Å². The van der Waals surface area contributed by atoms with E-state index in [4.69, 9.17) is 22.3 Å². The minimum absolute atomic E-state index is 0.557. The minimum Gasteiger partial charge on any atom is -0.329 e. The van der Waals surface area contributed by atoms with Gasteiger partial charge in [0.15, 0.2) is 0 Å². The molecule has 20 heavy (non-hydrogen) atoms. The van der Waals surface area contributed by atoms with E-state index in [-0.39, 0.29) is 0 Å². The first kappa shape index (κ1) is 13.3. The lowest BCUT2D eigenvalue weighted by atomic mass is 9.98. The number of benzene rings is 2. The van der Waals surface area contributed by atoms with E-state index in [9.17, 15) is 0 Å². The lowest BCUT2D eigenvalue weighted by Gasteiger charge is -2.11. The molecule has 2 N–H and O–H groups in total. The summed E-state index contributed by atoms with van der Waals surface area (Å²) in [6.45, 7) is 1.19. The van der Waals surface area contributed by atoms with Crippen molar-refractivity contribution < 1.29 is 0 Å². The fourth-order valence-corrected chi connectivity index (χ4v) is 2.89. The molecule has 0 aromatic heterocycles. The number of aryl methyl sites for hydroxylation is 2. The van der Waals surface area contributed by atoms with Gasteiger partial charge in [0.25, 0.3) is 0 Å². The van der Waals surface area contributed by atoms with Crippen LogP contribution in [0.3, 0.4) is 0 Å². The SMILES string of the molecule is NCCN=C1c2ccccc2CCc2ccc(Cl)cc21. The van der Waals surface area contributed by atoms with Gasteiger partial charge in [0.2, 0.25) is 0 Å². The molecule has 0 saturated heterocycles. The molecule has 0 fully saturated rings. The van der Waals surface area contributed by atoms with Gasteiger partial charge in [-0.15, -0.1) is 0 Å². The van der Waals surface area contributed by atoms with Crippen molar-refractivity contribution in [3.63, 3.8) is 0 Å². The quantitative estimate of drug-likeness (QED) is 0.903. The predicted molar refractivity (Wildman–Crippen MR) is 84.9 cm³/mol. The molecule has 0 atom stereocenters. The maximum Gasteiger partial charge on any atom is 0.0725 e. The molecule has 0 bridgehead atoms. The van der Waals surface area contributed by atoms with E-state index >= 15 is 0 Å². The first-order valence-corrected chi connectivity index (χ1v) is 7.29. The van der Waals surface area contributed by atoms with Gasteiger partial charge in [0.1, 0.15) is 0 Å². The summed E-state index contributed by atoms with van der Waals surface area (Å²) in [6, 6.07) is 14.6. The third-order valence-corrected chi connectivity index (χ3v) is 3.90. The highest BCUT2D eigenvalue weighted by atomic mass is 35.5. The van der Waals surface area contributed by atoms with Gasteiger partial charge in [0.05, 0.1) is 12.3 Å². The molecule has 2 nitrogen and oxygen atoms in total. The van der Waals surface area contributed by atoms with Crippen LogP contribution in [-0.4, -0.2) is 18.8 Å². The number of nitrogens with zero attached hydrogens (tertiary/aromatic N) is 1. The maximum absolute atomic E-state index is 6.18. The van der Waals surface area contributed by atoms with E-state index in [2.05, 4.69) is 30.3 Å². The average molecular weight is 285 g/mol. The highest BCUT2D eigenvalue weighted by Gasteiger charge is 2.19. The molecule has 0 heterocycles. The van der Waals surface area contributed by atoms with E-state index < -0.39 is 0 Å². The standard InChI is InChI=1S/C17H17ClN2/c18-14-8-7-13-6-5-12-3-1-2-4-15(12)17(16(13)11-14)20-10-9-19/h1-4,7-8,11H,5-6,9-10,19H2. The Bertz CT molecular complexity index is 662. The van der Waals surface area contributed by atoms with Crippen LogP contribution in [0.15, 0.2) is 47.5 Å². The van der Waals surface area contributed by atoms with Crippen molar-refractivity contribution >= 4 is 17.3 Å². The monoisotopic (exact) mass is 284 g/mol. The van der Waals surface area contributed by atoms with Crippen LogP contribution in [-0.2, 0) is 12.8 Å². The topological polar surface area (TPSA) is 38.4 Å². The Hall–Kier alpha value is -1.64. The number of aliphatic imine (C=N–C) groups is 1. The number of nitrogens with two attached hydrogens (primary N) is 1. The van der Waals surface area contributed by atoms with E-state index in [0.29, 0.717) is 13.1 Å². The second-order valence-electron chi connectivity index (χ2n) is 4.98. The van der Waals surface area contributed by atoms with Gasteiger partial charge in [-0.05, 0) is 36.1 Å². The molecule has 1 aliphatic carbocycles. The summed E-state index contributed by atoms with van der Waals surface area (Å²) in [5.41, 5.74) is 11.7. The number of fused-ring (bicyclic) bond motifs is 2. The van der Waals surface area contributed by atoms with Gasteiger partial charge in [-0.2, -0.15) is 0 Å². The second-order valence-corrected chi connectivity index (χ2v) is 5.41. The Morgan fingerprint density at radius 1 is 1.00 bits per heavy atom. The Kier molecular flexibility index (Phi) is 3.86. The van der Waals surface area contributed by atoms with Crippen molar-refractivity contribution in [3.8, 4) is 0 Å². The summed E-state index contributed by atoms with van der Waals surface area (Å²) in [5.74, 6) is 0. The third kappa shape index (κ3) is 2.49. The second kappa shape index (κ2) is 5.78. The molecular weight excluding hydrogens is 268 g/mol. The molecule has 2 aromatic rings. The van der Waals surface area contributed by atoms with E-state index in [1.165, 1.54) is 16.7 Å². The van der Waals surface area contributed by atoms with Gasteiger partial charge in [-0.25, -0.2) is 0 Å². The number of halogens is 1. The van der Waals surface area contributed by atoms with Crippen LogP contribution >= 0.6 is 11.6 Å². The van der Waals surface area contributed by atoms with Crippen LogP contribution in [0.1, 0.15) is 22.3 Å². The molecule has 102 valence electrons. The van der Waals surface area contributed by atoms with E-state index in [1.807, 2.05) is 12.1 Å². The summed E-state index contributed by atoms with van der Waals surface area (Å²) >= 11 is 6.18. The Balaban J connectivity index is 2.21. The van der Waals surface area contributed by atoms with Crippen molar-refractivity contribution in [2.24, 2.45) is 10.7 Å². The molecule has 0 unspecified atom stereocenters. The molecular formula is C17H17ClN2. The Morgan fingerprint density at radius 3 is 2.55 bits per heavy atom. The lowest BCUT2D eigenvalue weighted by molar-refractivity contribution is 0.965. The smallest absolute Gasteiger partial charge is 0.0725 e. The lowest BCUT2D eigenvalue weighted by Crippen LogP contribution is -2.10. The van der Waals surface area contributed by atoms with E-state index in [1.54, 1.807) is 0 Å². The summed E-state index contributed by atoms with van der Waals surface area (Å²) in [5, 5.41) is 0.753.